The standard InChI is InChI=1S/C31H30N6O2S.CH4/c1-36-12-14-37(15-13-36)29-9-6-21(19-33-29)26-17-23(10-11-32-26)39-22-7-8-25-28(18-22)40-31(34-25)35-30-24-5-3-2-4-20(24)16-27(30)38;/h2-11,17-19,27,30,38H,12-16H2,1H3,(H,34,35);1H4/t27-,30+;/m0./s1. The van der Waals surface area contributed by atoms with Crippen molar-refractivity contribution in [2.75, 3.05) is 43.4 Å². The van der Waals surface area contributed by atoms with Gasteiger partial charge < -0.3 is 25.0 Å². The highest BCUT2D eigenvalue weighted by Crippen LogP contribution is 2.37. The van der Waals surface area contributed by atoms with E-state index in [2.05, 4.69) is 51.4 Å². The number of thiazole rings is 1. The number of nitrogens with one attached hydrogen (secondary N) is 1. The Balaban J connectivity index is 0.00000302. The van der Waals surface area contributed by atoms with E-state index in [9.17, 15) is 5.11 Å². The maximum atomic E-state index is 10.6. The first kappa shape index (κ1) is 27.1. The number of pyridine rings is 2. The van der Waals surface area contributed by atoms with Crippen LogP contribution in [0.4, 0.5) is 10.9 Å². The molecule has 0 amide bonds. The Morgan fingerprint density at radius 1 is 0.951 bits per heavy atom. The Morgan fingerprint density at radius 3 is 2.61 bits per heavy atom. The van der Waals surface area contributed by atoms with E-state index in [-0.39, 0.29) is 13.5 Å². The van der Waals surface area contributed by atoms with Crippen LogP contribution < -0.4 is 15.0 Å². The first-order chi connectivity index (χ1) is 19.6. The lowest BCUT2D eigenvalue weighted by Gasteiger charge is -2.33. The van der Waals surface area contributed by atoms with Crippen LogP contribution in [0.2, 0.25) is 0 Å². The summed E-state index contributed by atoms with van der Waals surface area (Å²) in [6.07, 6.45) is 3.83. The zero-order valence-corrected chi connectivity index (χ0v) is 23.0. The molecule has 2 N–H and O–H groups in total. The molecule has 1 aliphatic carbocycles. The summed E-state index contributed by atoms with van der Waals surface area (Å²) in [6.45, 7) is 4.08. The molecule has 41 heavy (non-hydrogen) atoms. The number of rotatable bonds is 6. The molecule has 2 aromatic carbocycles. The van der Waals surface area contributed by atoms with Crippen molar-refractivity contribution in [3.05, 3.63) is 90.3 Å². The summed E-state index contributed by atoms with van der Waals surface area (Å²) >= 11 is 1.56. The van der Waals surface area contributed by atoms with Crippen LogP contribution in [-0.2, 0) is 6.42 Å². The van der Waals surface area contributed by atoms with Gasteiger partial charge in [0.15, 0.2) is 5.13 Å². The summed E-state index contributed by atoms with van der Waals surface area (Å²) in [5, 5.41) is 14.9. The third kappa shape index (κ3) is 5.61. The highest BCUT2D eigenvalue weighted by molar-refractivity contribution is 7.22. The van der Waals surface area contributed by atoms with Crippen LogP contribution in [0.3, 0.4) is 0 Å². The minimum Gasteiger partial charge on any atom is -0.457 e. The van der Waals surface area contributed by atoms with Crippen molar-refractivity contribution >= 4 is 32.5 Å². The summed E-state index contributed by atoms with van der Waals surface area (Å²) < 4.78 is 7.24. The van der Waals surface area contributed by atoms with Crippen molar-refractivity contribution in [1.29, 1.82) is 0 Å². The number of piperazine rings is 1. The molecular formula is C32H34N6O2S. The Labute approximate surface area is 244 Å². The second kappa shape index (κ2) is 11.4. The number of aliphatic hydroxyl groups excluding tert-OH is 1. The molecular weight excluding hydrogens is 532 g/mol. The van der Waals surface area contributed by atoms with Gasteiger partial charge in [-0.15, -0.1) is 0 Å². The zero-order chi connectivity index (χ0) is 27.1. The minimum atomic E-state index is -0.470. The van der Waals surface area contributed by atoms with Gasteiger partial charge in [-0.1, -0.05) is 43.0 Å². The van der Waals surface area contributed by atoms with E-state index in [1.807, 2.05) is 48.7 Å². The number of aromatic nitrogens is 3. The van der Waals surface area contributed by atoms with Gasteiger partial charge in [0.2, 0.25) is 0 Å². The number of nitrogens with zero attached hydrogens (tertiary/aromatic N) is 5. The molecule has 2 atom stereocenters. The minimum absolute atomic E-state index is 0. The molecule has 2 aliphatic rings. The van der Waals surface area contributed by atoms with Gasteiger partial charge >= 0.3 is 0 Å². The lowest BCUT2D eigenvalue weighted by atomic mass is 10.1. The van der Waals surface area contributed by atoms with Crippen LogP contribution in [0.25, 0.3) is 21.5 Å². The molecule has 5 aromatic rings. The fourth-order valence-electron chi connectivity index (χ4n) is 5.44. The largest absolute Gasteiger partial charge is 0.457 e. The van der Waals surface area contributed by atoms with Gasteiger partial charge in [-0.05, 0) is 48.5 Å². The van der Waals surface area contributed by atoms with Gasteiger partial charge in [-0.2, -0.15) is 0 Å². The van der Waals surface area contributed by atoms with Gasteiger partial charge in [0.1, 0.15) is 17.3 Å². The lowest BCUT2D eigenvalue weighted by Crippen LogP contribution is -2.44. The van der Waals surface area contributed by atoms with Crippen LogP contribution in [0.1, 0.15) is 24.6 Å². The van der Waals surface area contributed by atoms with Crippen molar-refractivity contribution in [3.63, 3.8) is 0 Å². The van der Waals surface area contributed by atoms with E-state index >= 15 is 0 Å². The van der Waals surface area contributed by atoms with Gasteiger partial charge in [0.05, 0.1) is 28.1 Å². The van der Waals surface area contributed by atoms with Crippen molar-refractivity contribution < 1.29 is 9.84 Å². The average molecular weight is 567 g/mol. The molecule has 8 nitrogen and oxygen atoms in total. The fraction of sp³-hybridized carbons (Fsp3) is 0.281. The predicted molar refractivity (Wildman–Crippen MR) is 166 cm³/mol. The summed E-state index contributed by atoms with van der Waals surface area (Å²) in [7, 11) is 2.15. The molecule has 0 unspecified atom stereocenters. The molecule has 1 saturated heterocycles. The number of ether oxygens (including phenoxy) is 1. The monoisotopic (exact) mass is 566 g/mol. The second-order valence-corrected chi connectivity index (χ2v) is 11.4. The summed E-state index contributed by atoms with van der Waals surface area (Å²) in [4.78, 5) is 18.7. The molecule has 4 heterocycles. The van der Waals surface area contributed by atoms with Crippen LogP contribution >= 0.6 is 11.3 Å². The summed E-state index contributed by atoms with van der Waals surface area (Å²) in [6, 6.07) is 21.9. The molecule has 0 bridgehead atoms. The van der Waals surface area contributed by atoms with E-state index < -0.39 is 6.10 Å². The number of hydrogen-bond acceptors (Lipinski definition) is 9. The Kier molecular flexibility index (Phi) is 7.57. The van der Waals surface area contributed by atoms with Crippen LogP contribution in [0.5, 0.6) is 11.5 Å². The van der Waals surface area contributed by atoms with E-state index in [0.29, 0.717) is 12.2 Å². The molecule has 0 spiro atoms. The third-order valence-corrected chi connectivity index (χ3v) is 8.63. The zero-order valence-electron chi connectivity index (χ0n) is 22.2. The van der Waals surface area contributed by atoms with Crippen LogP contribution in [0.15, 0.2) is 79.1 Å². The molecule has 0 radical (unpaired) electrons. The topological polar surface area (TPSA) is 86.6 Å². The van der Waals surface area contributed by atoms with Crippen molar-refractivity contribution in [3.8, 4) is 22.8 Å². The molecule has 210 valence electrons. The number of aliphatic hydroxyl groups is 1. The first-order valence-corrected chi connectivity index (χ1v) is 14.4. The van der Waals surface area contributed by atoms with Crippen LogP contribution in [-0.4, -0.2) is 64.3 Å². The fourth-order valence-corrected chi connectivity index (χ4v) is 6.37. The Hall–Kier alpha value is -4.05. The van der Waals surface area contributed by atoms with Gasteiger partial charge in [-0.3, -0.25) is 4.98 Å². The number of fused-ring (bicyclic) bond motifs is 2. The number of benzene rings is 2. The van der Waals surface area contributed by atoms with Gasteiger partial charge in [0.25, 0.3) is 0 Å². The third-order valence-electron chi connectivity index (χ3n) is 7.68. The highest BCUT2D eigenvalue weighted by atomic mass is 32.1. The number of hydrogen-bond donors (Lipinski definition) is 2. The SMILES string of the molecule is C.CN1CCN(c2ccc(-c3cc(Oc4ccc5nc(N[C@@H]6c7ccccc7C[C@@H]6O)sc5c4)ccn3)cn2)CC1. The lowest BCUT2D eigenvalue weighted by molar-refractivity contribution is 0.166. The molecule has 3 aromatic heterocycles. The Morgan fingerprint density at radius 2 is 1.78 bits per heavy atom. The van der Waals surface area contributed by atoms with Gasteiger partial charge in [-0.25, -0.2) is 9.97 Å². The molecule has 7 rings (SSSR count). The quantitative estimate of drug-likeness (QED) is 0.259. The molecule has 1 aliphatic heterocycles. The van der Waals surface area contributed by atoms with Crippen molar-refractivity contribution in [2.24, 2.45) is 0 Å². The van der Waals surface area contributed by atoms with E-state index in [1.165, 1.54) is 5.56 Å². The molecule has 0 saturated carbocycles. The van der Waals surface area contributed by atoms with Gasteiger partial charge in [0, 0.05) is 62.7 Å². The average Bonchev–Trinajstić information content (AvgIpc) is 3.53. The highest BCUT2D eigenvalue weighted by Gasteiger charge is 2.31. The van der Waals surface area contributed by atoms with E-state index in [0.717, 1.165) is 69.9 Å². The summed E-state index contributed by atoms with van der Waals surface area (Å²) in [5.41, 5.74) is 4.98. The first-order valence-electron chi connectivity index (χ1n) is 13.6. The normalized spacial score (nSPS) is 18.6. The second-order valence-electron chi connectivity index (χ2n) is 10.4. The number of likely N-dealkylation sites (N-methyl/N-ethyl adjacent to an activating group) is 1. The number of anilines is 2. The smallest absolute Gasteiger partial charge is 0.184 e. The van der Waals surface area contributed by atoms with Crippen molar-refractivity contribution in [1.82, 2.24) is 19.9 Å². The predicted octanol–water partition coefficient (Wildman–Crippen LogP) is 6.00. The van der Waals surface area contributed by atoms with Crippen LogP contribution in [0, 0.1) is 0 Å². The Bertz CT molecular complexity index is 1650. The van der Waals surface area contributed by atoms with E-state index in [1.54, 1.807) is 17.5 Å². The maximum Gasteiger partial charge on any atom is 0.184 e. The summed E-state index contributed by atoms with van der Waals surface area (Å²) in [5.74, 6) is 2.44. The maximum absolute atomic E-state index is 10.6. The van der Waals surface area contributed by atoms with E-state index in [4.69, 9.17) is 14.7 Å². The molecule has 9 heteroatoms. The molecule has 1 fully saturated rings. The van der Waals surface area contributed by atoms with Crippen molar-refractivity contribution in [2.45, 2.75) is 26.0 Å².